The van der Waals surface area contributed by atoms with Gasteiger partial charge in [0.05, 0.1) is 50.8 Å². The number of aromatic nitrogens is 8. The Labute approximate surface area is 406 Å². The van der Waals surface area contributed by atoms with Crippen molar-refractivity contribution in [1.29, 1.82) is 0 Å². The Morgan fingerprint density at radius 2 is 1.14 bits per heavy atom. The van der Waals surface area contributed by atoms with Gasteiger partial charge in [0.25, 0.3) is 11.1 Å². The topological polar surface area (TPSA) is 276 Å². The number of aldehydes is 1. The Balaban J connectivity index is 0.000000158. The second-order valence-electron chi connectivity index (χ2n) is 17.3. The predicted octanol–water partition coefficient (Wildman–Crippen LogP) is 2.60. The van der Waals surface area contributed by atoms with Gasteiger partial charge >= 0.3 is 0 Å². The highest BCUT2D eigenvalue weighted by atomic mass is 16.5. The Morgan fingerprint density at radius 3 is 1.63 bits per heavy atom. The van der Waals surface area contributed by atoms with Gasteiger partial charge in [0.15, 0.2) is 22.9 Å². The van der Waals surface area contributed by atoms with Crippen LogP contribution in [-0.4, -0.2) is 116 Å². The summed E-state index contributed by atoms with van der Waals surface area (Å²) < 4.78 is 23.9. The molecular formula is C49H53N11O11. The van der Waals surface area contributed by atoms with Crippen molar-refractivity contribution in [2.45, 2.75) is 70.9 Å². The van der Waals surface area contributed by atoms with Gasteiger partial charge in [-0.05, 0) is 67.6 Å². The molecule has 4 aliphatic rings. The molecular weight excluding hydrogens is 919 g/mol. The lowest BCUT2D eigenvalue weighted by molar-refractivity contribution is -0.122. The zero-order valence-electron chi connectivity index (χ0n) is 39.4. The van der Waals surface area contributed by atoms with E-state index < -0.39 is 0 Å². The third-order valence-corrected chi connectivity index (χ3v) is 12.4. The Morgan fingerprint density at radius 1 is 0.634 bits per heavy atom. The number of rotatable bonds is 14. The monoisotopic (exact) mass is 971 g/mol. The molecule has 0 aliphatic carbocycles. The number of pyridine rings is 4. The standard InChI is InChI=1S/C25H27N5O5.C13H15N3O3.C11H11N3O3/c1-34-22-9-6-18-25(28-22)29(24(33)13-26-18)10-4-2-3-5-16-11-23(32)30(14-16)21-8-7-20-19(27-21)12-17(31)15-35-20;14-5-8-3-13(18)16(6-8)12-2-1-11-10(15-12)4-9(17)7-19-11;1-17-9-4-3-8-11(13-9)14(5-2-6-15)10(16)7-12-8/h6-9,13,16H,2-5,10-12,14-15H2,1H3;1-2,8H,3-7,14H2;3-4,6-7H,2,5H2,1H3/t16-;8-;/m01./s1. The maximum Gasteiger partial charge on any atom is 0.270 e. The zero-order valence-corrected chi connectivity index (χ0v) is 39.4. The van der Waals surface area contributed by atoms with Crippen LogP contribution in [0.1, 0.15) is 56.3 Å². The highest BCUT2D eigenvalue weighted by Gasteiger charge is 2.33. The smallest absolute Gasteiger partial charge is 0.270 e. The summed E-state index contributed by atoms with van der Waals surface area (Å²) in [4.78, 5) is 111. The van der Waals surface area contributed by atoms with E-state index in [1.54, 1.807) is 70.0 Å². The summed E-state index contributed by atoms with van der Waals surface area (Å²) in [6.45, 7) is 2.73. The average molecular weight is 972 g/mol. The molecule has 370 valence electrons. The van der Waals surface area contributed by atoms with Gasteiger partial charge in [-0.25, -0.2) is 19.9 Å². The second-order valence-corrected chi connectivity index (χ2v) is 17.3. The first-order valence-corrected chi connectivity index (χ1v) is 23.3. The van der Waals surface area contributed by atoms with Crippen molar-refractivity contribution < 1.29 is 42.9 Å². The van der Waals surface area contributed by atoms with E-state index in [1.807, 2.05) is 0 Å². The molecule has 2 atom stereocenters. The average Bonchev–Trinajstić information content (AvgIpc) is 3.96. The van der Waals surface area contributed by atoms with E-state index in [1.165, 1.54) is 24.1 Å². The summed E-state index contributed by atoms with van der Waals surface area (Å²) in [7, 11) is 3.04. The molecule has 2 fully saturated rings. The van der Waals surface area contributed by atoms with Gasteiger partial charge in [-0.1, -0.05) is 12.8 Å². The lowest BCUT2D eigenvalue weighted by atomic mass is 10.0. The molecule has 0 radical (unpaired) electrons. The predicted molar refractivity (Wildman–Crippen MR) is 257 cm³/mol. The van der Waals surface area contributed by atoms with Crippen molar-refractivity contribution in [3.8, 4) is 23.3 Å². The minimum absolute atomic E-state index is 0.00438. The molecule has 6 aromatic rings. The molecule has 6 aromatic heterocycles. The number of anilines is 2. The van der Waals surface area contributed by atoms with Crippen LogP contribution in [0, 0.1) is 11.8 Å². The van der Waals surface area contributed by atoms with E-state index in [-0.39, 0.29) is 78.8 Å². The molecule has 0 spiro atoms. The number of amides is 2. The second kappa shape index (κ2) is 22.6. The highest BCUT2D eigenvalue weighted by molar-refractivity contribution is 5.96. The normalized spacial score (nSPS) is 17.1. The number of carbonyl (C=O) groups is 5. The minimum Gasteiger partial charge on any atom is -0.484 e. The number of ether oxygens (including phenoxy) is 4. The van der Waals surface area contributed by atoms with Crippen LogP contribution in [0.2, 0.25) is 0 Å². The number of hydrogen-bond donors (Lipinski definition) is 1. The van der Waals surface area contributed by atoms with Crippen LogP contribution >= 0.6 is 0 Å². The number of Topliss-reactive ketones (excluding diaryl/α,β-unsaturated/α-hetero) is 2. The Bertz CT molecular complexity index is 3110. The number of carbonyl (C=O) groups excluding carboxylic acids is 5. The summed E-state index contributed by atoms with van der Waals surface area (Å²) in [5.74, 6) is 3.79. The van der Waals surface area contributed by atoms with Gasteiger partial charge in [-0.2, -0.15) is 9.97 Å². The molecule has 0 unspecified atom stereocenters. The van der Waals surface area contributed by atoms with E-state index in [2.05, 4.69) is 29.9 Å². The van der Waals surface area contributed by atoms with E-state index in [0.29, 0.717) is 114 Å². The van der Waals surface area contributed by atoms with Gasteiger partial charge in [0.1, 0.15) is 53.7 Å². The van der Waals surface area contributed by atoms with Gasteiger partial charge < -0.3 is 29.5 Å². The lowest BCUT2D eigenvalue weighted by Crippen LogP contribution is -2.28. The number of aryl methyl sites for hydroxylation is 2. The first kappa shape index (κ1) is 49.4. The number of nitrogens with two attached hydrogens (primary N) is 1. The molecule has 2 N–H and O–H groups in total. The maximum absolute atomic E-state index is 12.6. The van der Waals surface area contributed by atoms with E-state index in [0.717, 1.165) is 32.0 Å². The molecule has 10 rings (SSSR count). The fraction of sp³-hybridized carbons (Fsp3) is 0.408. The summed E-state index contributed by atoms with van der Waals surface area (Å²) in [5, 5.41) is 0. The number of methoxy groups -OCH3 is 2. The molecule has 0 bridgehead atoms. The third-order valence-electron chi connectivity index (χ3n) is 12.4. The number of hydrogen-bond acceptors (Lipinski definition) is 18. The zero-order chi connectivity index (χ0) is 50.0. The fourth-order valence-corrected chi connectivity index (χ4v) is 8.69. The Hall–Kier alpha value is -8.01. The van der Waals surface area contributed by atoms with E-state index >= 15 is 0 Å². The Kier molecular flexibility index (Phi) is 15.7. The summed E-state index contributed by atoms with van der Waals surface area (Å²) in [5.41, 5.74) is 8.55. The lowest BCUT2D eigenvalue weighted by Gasteiger charge is -2.20. The molecule has 4 aliphatic heterocycles. The van der Waals surface area contributed by atoms with Crippen LogP contribution in [0.25, 0.3) is 22.3 Å². The van der Waals surface area contributed by atoms with Gasteiger partial charge in [0.2, 0.25) is 23.6 Å². The molecule has 22 nitrogen and oxygen atoms in total. The fourth-order valence-electron chi connectivity index (χ4n) is 8.69. The van der Waals surface area contributed by atoms with Crippen LogP contribution in [0.4, 0.5) is 11.6 Å². The maximum atomic E-state index is 12.6. The molecule has 2 saturated heterocycles. The number of unbranched alkanes of at least 4 members (excludes halogenated alkanes) is 2. The minimum atomic E-state index is -0.278. The summed E-state index contributed by atoms with van der Waals surface area (Å²) >= 11 is 0. The van der Waals surface area contributed by atoms with E-state index in [9.17, 15) is 33.6 Å². The van der Waals surface area contributed by atoms with Crippen LogP contribution in [-0.2, 0) is 49.9 Å². The van der Waals surface area contributed by atoms with Crippen LogP contribution in [0.15, 0.2) is 70.5 Å². The third kappa shape index (κ3) is 11.7. The first-order valence-electron chi connectivity index (χ1n) is 23.3. The number of fused-ring (bicyclic) bond motifs is 4. The summed E-state index contributed by atoms with van der Waals surface area (Å²) in [6, 6.07) is 14.0. The molecule has 71 heavy (non-hydrogen) atoms. The SMILES string of the molecule is COc1ccc2ncc(=O)n(CCC=O)c2n1.COc1ccc2ncc(=O)n(CCCCC[C@H]3CC(=O)N(c4ccc5c(n4)CC(=O)CO5)C3)c2n1.NC[C@H]1CC(=O)N(c2ccc3c(n2)CC(=O)CO3)C1. The summed E-state index contributed by atoms with van der Waals surface area (Å²) in [6.07, 6.45) is 8.68. The van der Waals surface area contributed by atoms with Crippen molar-refractivity contribution in [1.82, 2.24) is 39.0 Å². The van der Waals surface area contributed by atoms with Crippen molar-refractivity contribution in [3.63, 3.8) is 0 Å². The van der Waals surface area contributed by atoms with Crippen LogP contribution in [0.5, 0.6) is 23.3 Å². The van der Waals surface area contributed by atoms with Crippen molar-refractivity contribution in [3.05, 3.63) is 93.0 Å². The molecule has 0 aromatic carbocycles. The molecule has 0 saturated carbocycles. The van der Waals surface area contributed by atoms with Gasteiger partial charge in [-0.3, -0.25) is 47.7 Å². The first-order chi connectivity index (χ1) is 34.4. The molecule has 22 heteroatoms. The highest BCUT2D eigenvalue weighted by Crippen LogP contribution is 2.31. The largest absolute Gasteiger partial charge is 0.484 e. The molecule has 2 amide bonds. The van der Waals surface area contributed by atoms with Crippen molar-refractivity contribution >= 4 is 63.6 Å². The van der Waals surface area contributed by atoms with Gasteiger partial charge in [-0.15, -0.1) is 0 Å². The quantitative estimate of drug-likeness (QED) is 0.121. The number of nitrogens with zero attached hydrogens (tertiary/aromatic N) is 10. The van der Waals surface area contributed by atoms with Gasteiger partial charge in [0, 0.05) is 57.6 Å². The number of ketones is 2. The van der Waals surface area contributed by atoms with Crippen LogP contribution < -0.4 is 45.6 Å². The van der Waals surface area contributed by atoms with Crippen molar-refractivity contribution in [2.75, 3.05) is 56.9 Å². The van der Waals surface area contributed by atoms with Crippen molar-refractivity contribution in [2.24, 2.45) is 17.6 Å². The molecule has 10 heterocycles. The van der Waals surface area contributed by atoms with Crippen LogP contribution in [0.3, 0.4) is 0 Å². The van der Waals surface area contributed by atoms with E-state index in [4.69, 9.17) is 24.7 Å².